The molecule has 0 aromatic carbocycles. The summed E-state index contributed by atoms with van der Waals surface area (Å²) < 4.78 is 2.06. The van der Waals surface area contributed by atoms with Crippen LogP contribution in [0.5, 0.6) is 0 Å². The molecule has 5 heteroatoms. The zero-order valence-corrected chi connectivity index (χ0v) is 14.5. The molecule has 1 aromatic rings. The van der Waals surface area contributed by atoms with E-state index in [1.807, 2.05) is 6.92 Å². The van der Waals surface area contributed by atoms with Crippen LogP contribution < -0.4 is 10.6 Å². The van der Waals surface area contributed by atoms with E-state index in [0.29, 0.717) is 6.04 Å². The molecule has 1 aromatic heterocycles. The van der Waals surface area contributed by atoms with Gasteiger partial charge in [0.1, 0.15) is 0 Å². The predicted molar refractivity (Wildman–Crippen MR) is 86.4 cm³/mol. The Morgan fingerprint density at radius 3 is 2.43 bits per heavy atom. The van der Waals surface area contributed by atoms with Gasteiger partial charge in [-0.15, -0.1) is 0 Å². The second-order valence-electron chi connectivity index (χ2n) is 6.64. The van der Waals surface area contributed by atoms with Crippen molar-refractivity contribution >= 4 is 5.91 Å². The van der Waals surface area contributed by atoms with Gasteiger partial charge in [-0.3, -0.25) is 9.48 Å². The number of hydrogen-bond donors (Lipinski definition) is 2. The van der Waals surface area contributed by atoms with Gasteiger partial charge in [-0.1, -0.05) is 0 Å². The van der Waals surface area contributed by atoms with E-state index < -0.39 is 0 Å². The van der Waals surface area contributed by atoms with Gasteiger partial charge >= 0.3 is 0 Å². The smallest absolute Gasteiger partial charge is 0.217 e. The third-order valence-corrected chi connectivity index (χ3v) is 3.89. The number of nitrogens with zero attached hydrogens (tertiary/aromatic N) is 2. The number of hydrogen-bond acceptors (Lipinski definition) is 3. The van der Waals surface area contributed by atoms with Crippen LogP contribution in [0.2, 0.25) is 0 Å². The van der Waals surface area contributed by atoms with Gasteiger partial charge in [-0.05, 0) is 53.5 Å². The Kier molecular flexibility index (Phi) is 5.96. The maximum absolute atomic E-state index is 11.2. The van der Waals surface area contributed by atoms with Gasteiger partial charge in [0.05, 0.1) is 12.2 Å². The van der Waals surface area contributed by atoms with Crippen LogP contribution in [-0.2, 0) is 11.3 Å². The van der Waals surface area contributed by atoms with Crippen molar-refractivity contribution in [2.24, 2.45) is 0 Å². The van der Waals surface area contributed by atoms with E-state index in [4.69, 9.17) is 0 Å². The lowest BCUT2D eigenvalue weighted by Gasteiger charge is -2.29. The van der Waals surface area contributed by atoms with Crippen molar-refractivity contribution in [1.29, 1.82) is 0 Å². The van der Waals surface area contributed by atoms with E-state index in [2.05, 4.69) is 55.0 Å². The normalized spacial score (nSPS) is 13.3. The highest BCUT2D eigenvalue weighted by Crippen LogP contribution is 2.12. The fourth-order valence-corrected chi connectivity index (χ4v) is 2.79. The standard InChI is InChI=1S/C16H30N4O/c1-11(10-16(6,7)18-15(5)21)17-8-9-20-14(4)12(2)13(3)19-20/h11,17H,8-10H2,1-7H3,(H,18,21). The molecule has 0 bridgehead atoms. The van der Waals surface area contributed by atoms with E-state index in [-0.39, 0.29) is 11.4 Å². The average Bonchev–Trinajstić information content (AvgIpc) is 2.54. The van der Waals surface area contributed by atoms with E-state index >= 15 is 0 Å². The number of nitrogens with one attached hydrogen (secondary N) is 2. The molecule has 1 amide bonds. The Bertz CT molecular complexity index is 491. The van der Waals surface area contributed by atoms with Crippen LogP contribution in [0.15, 0.2) is 0 Å². The van der Waals surface area contributed by atoms with E-state index in [1.165, 1.54) is 11.3 Å². The Hall–Kier alpha value is -1.36. The monoisotopic (exact) mass is 294 g/mol. The van der Waals surface area contributed by atoms with Gasteiger partial charge in [0.25, 0.3) is 0 Å². The summed E-state index contributed by atoms with van der Waals surface area (Å²) in [5.41, 5.74) is 3.43. The number of amides is 1. The molecule has 21 heavy (non-hydrogen) atoms. The van der Waals surface area contributed by atoms with Crippen LogP contribution in [0.25, 0.3) is 0 Å². The summed E-state index contributed by atoms with van der Waals surface area (Å²) in [6, 6.07) is 0.338. The number of carbonyl (C=O) groups is 1. The van der Waals surface area contributed by atoms with Gasteiger partial charge in [0.15, 0.2) is 0 Å². The highest BCUT2D eigenvalue weighted by atomic mass is 16.1. The van der Waals surface area contributed by atoms with E-state index in [9.17, 15) is 4.79 Å². The SMILES string of the molecule is CC(=O)NC(C)(C)CC(C)NCCn1nc(C)c(C)c1C. The minimum absolute atomic E-state index is 0.0188. The van der Waals surface area contributed by atoms with Crippen LogP contribution in [0.3, 0.4) is 0 Å². The Morgan fingerprint density at radius 1 is 1.33 bits per heavy atom. The zero-order chi connectivity index (χ0) is 16.2. The Labute approximate surface area is 128 Å². The van der Waals surface area contributed by atoms with Crippen molar-refractivity contribution < 1.29 is 4.79 Å². The quantitative estimate of drug-likeness (QED) is 0.809. The molecule has 5 nitrogen and oxygen atoms in total. The zero-order valence-electron chi connectivity index (χ0n) is 14.5. The molecule has 2 N–H and O–H groups in total. The van der Waals surface area contributed by atoms with Crippen LogP contribution in [0.1, 0.15) is 51.1 Å². The van der Waals surface area contributed by atoms with Gasteiger partial charge in [-0.2, -0.15) is 5.10 Å². The molecule has 0 spiro atoms. The molecule has 0 fully saturated rings. The van der Waals surface area contributed by atoms with Crippen molar-refractivity contribution in [3.8, 4) is 0 Å². The molecule has 1 atom stereocenters. The highest BCUT2D eigenvalue weighted by molar-refractivity contribution is 5.73. The van der Waals surface area contributed by atoms with Gasteiger partial charge in [0, 0.05) is 30.7 Å². The lowest BCUT2D eigenvalue weighted by molar-refractivity contribution is -0.120. The van der Waals surface area contributed by atoms with Gasteiger partial charge in [0.2, 0.25) is 5.91 Å². The molecule has 0 aliphatic heterocycles. The summed E-state index contributed by atoms with van der Waals surface area (Å²) in [5.74, 6) is 0.0188. The maximum atomic E-state index is 11.2. The molecule has 1 rings (SSSR count). The summed E-state index contributed by atoms with van der Waals surface area (Å²) in [6.07, 6.45) is 0.892. The largest absolute Gasteiger partial charge is 0.351 e. The summed E-state index contributed by atoms with van der Waals surface area (Å²) in [4.78, 5) is 11.2. The minimum atomic E-state index is -0.187. The summed E-state index contributed by atoms with van der Waals surface area (Å²) in [7, 11) is 0. The van der Waals surface area contributed by atoms with Crippen LogP contribution in [0.4, 0.5) is 0 Å². The molecular weight excluding hydrogens is 264 g/mol. The summed E-state index contributed by atoms with van der Waals surface area (Å²) in [5, 5.41) is 11.0. The molecule has 0 aliphatic rings. The molecule has 1 unspecified atom stereocenters. The Balaban J connectivity index is 2.41. The first-order chi connectivity index (χ1) is 9.62. The summed E-state index contributed by atoms with van der Waals surface area (Å²) >= 11 is 0. The summed E-state index contributed by atoms with van der Waals surface area (Å²) in [6.45, 7) is 15.8. The molecule has 0 saturated heterocycles. The fourth-order valence-electron chi connectivity index (χ4n) is 2.79. The van der Waals surface area contributed by atoms with Crippen molar-refractivity contribution in [3.63, 3.8) is 0 Å². The second-order valence-corrected chi connectivity index (χ2v) is 6.64. The first-order valence-corrected chi connectivity index (χ1v) is 7.65. The van der Waals surface area contributed by atoms with Gasteiger partial charge < -0.3 is 10.6 Å². The molecule has 120 valence electrons. The lowest BCUT2D eigenvalue weighted by atomic mass is 9.96. The van der Waals surface area contributed by atoms with E-state index in [0.717, 1.165) is 25.2 Å². The fraction of sp³-hybridized carbons (Fsp3) is 0.750. The predicted octanol–water partition coefficient (Wildman–Crippen LogP) is 2.09. The third kappa shape index (κ3) is 5.50. The van der Waals surface area contributed by atoms with Crippen molar-refractivity contribution in [2.75, 3.05) is 6.54 Å². The van der Waals surface area contributed by atoms with E-state index in [1.54, 1.807) is 6.92 Å². The molecule has 0 saturated carbocycles. The first kappa shape index (κ1) is 17.7. The highest BCUT2D eigenvalue weighted by Gasteiger charge is 2.21. The molecular formula is C16H30N4O. The van der Waals surface area contributed by atoms with Crippen molar-refractivity contribution in [2.45, 2.75) is 73.0 Å². The van der Waals surface area contributed by atoms with Crippen LogP contribution in [0, 0.1) is 20.8 Å². The third-order valence-electron chi connectivity index (χ3n) is 3.89. The first-order valence-electron chi connectivity index (χ1n) is 7.65. The number of aryl methyl sites for hydroxylation is 1. The van der Waals surface area contributed by atoms with Gasteiger partial charge in [-0.25, -0.2) is 0 Å². The topological polar surface area (TPSA) is 59.0 Å². The van der Waals surface area contributed by atoms with Crippen LogP contribution >= 0.6 is 0 Å². The molecule has 1 heterocycles. The Morgan fingerprint density at radius 2 is 1.95 bits per heavy atom. The lowest BCUT2D eigenvalue weighted by Crippen LogP contribution is -2.47. The molecule has 0 aliphatic carbocycles. The molecule has 0 radical (unpaired) electrons. The second kappa shape index (κ2) is 7.07. The van der Waals surface area contributed by atoms with Crippen molar-refractivity contribution in [3.05, 3.63) is 17.0 Å². The number of carbonyl (C=O) groups excluding carboxylic acids is 1. The number of aromatic nitrogens is 2. The minimum Gasteiger partial charge on any atom is -0.351 e. The maximum Gasteiger partial charge on any atom is 0.217 e. The number of rotatable bonds is 7. The average molecular weight is 294 g/mol. The van der Waals surface area contributed by atoms with Crippen LogP contribution in [-0.4, -0.2) is 33.8 Å². The van der Waals surface area contributed by atoms with Crippen molar-refractivity contribution in [1.82, 2.24) is 20.4 Å².